The second kappa shape index (κ2) is 13.2. The number of carbonyl (C=O) groups excluding carboxylic acids is 2. The van der Waals surface area contributed by atoms with Gasteiger partial charge in [0.2, 0.25) is 10.0 Å². The van der Waals surface area contributed by atoms with Gasteiger partial charge in [0.15, 0.2) is 0 Å². The summed E-state index contributed by atoms with van der Waals surface area (Å²) in [4.78, 5) is 27.8. The van der Waals surface area contributed by atoms with Crippen molar-refractivity contribution in [3.8, 4) is 5.75 Å². The lowest BCUT2D eigenvalue weighted by Gasteiger charge is -2.33. The number of carbonyl (C=O) groups is 2. The van der Waals surface area contributed by atoms with Crippen molar-refractivity contribution in [3.63, 3.8) is 0 Å². The summed E-state index contributed by atoms with van der Waals surface area (Å²) in [5, 5.41) is 11.9. The summed E-state index contributed by atoms with van der Waals surface area (Å²) in [5.41, 5.74) is 6.90. The van der Waals surface area contributed by atoms with E-state index < -0.39 is 21.8 Å². The zero-order chi connectivity index (χ0) is 27.9. The highest BCUT2D eigenvalue weighted by atomic mass is 32.2. The largest absolute Gasteiger partial charge is 0.493 e. The van der Waals surface area contributed by atoms with Crippen LogP contribution in [-0.4, -0.2) is 85.0 Å². The first-order valence-electron chi connectivity index (χ1n) is 13.0. The molecule has 0 unspecified atom stereocenters. The number of hydrogen-bond acceptors (Lipinski definition) is 7. The lowest BCUT2D eigenvalue weighted by atomic mass is 10.1. The number of ether oxygens (including phenoxy) is 1. The van der Waals surface area contributed by atoms with Crippen LogP contribution < -0.4 is 15.8 Å². The molecule has 1 saturated heterocycles. The van der Waals surface area contributed by atoms with Crippen molar-refractivity contribution < 1.29 is 27.9 Å². The number of rotatable bonds is 13. The van der Waals surface area contributed by atoms with E-state index in [1.165, 1.54) is 22.5 Å². The summed E-state index contributed by atoms with van der Waals surface area (Å²) >= 11 is 0. The van der Waals surface area contributed by atoms with E-state index in [9.17, 15) is 18.0 Å². The van der Waals surface area contributed by atoms with Crippen molar-refractivity contribution in [2.75, 3.05) is 51.3 Å². The number of piperazine rings is 1. The van der Waals surface area contributed by atoms with Gasteiger partial charge in [-0.2, -0.15) is 4.31 Å². The molecule has 11 nitrogen and oxygen atoms in total. The highest BCUT2D eigenvalue weighted by Gasteiger charge is 2.30. The first-order chi connectivity index (χ1) is 18.1. The summed E-state index contributed by atoms with van der Waals surface area (Å²) in [6.45, 7) is 6.83. The standard InChI is InChI=1S/C26H39N5O6S/c1-4-7-19-18-29(3)24(25(27)33)23(19)28-26(34)21-17-20(8-9-22(21)37-16-5-2)38(35,36)31-13-11-30(12-14-31)10-6-15-32/h8-9,17-18,32H,4-7,10-16H2,1-3H3,(H2,27,33)(H,28,34). The number of aliphatic hydroxyl groups is 1. The minimum atomic E-state index is -3.86. The maximum atomic E-state index is 13.5. The average molecular weight is 550 g/mol. The molecule has 38 heavy (non-hydrogen) atoms. The van der Waals surface area contributed by atoms with E-state index in [-0.39, 0.29) is 28.5 Å². The summed E-state index contributed by atoms with van der Waals surface area (Å²) in [6, 6.07) is 4.29. The molecule has 0 aliphatic carbocycles. The molecule has 4 N–H and O–H groups in total. The number of benzene rings is 1. The molecule has 1 aromatic carbocycles. The van der Waals surface area contributed by atoms with Crippen molar-refractivity contribution in [1.82, 2.24) is 13.8 Å². The first kappa shape index (κ1) is 29.6. The molecule has 1 aromatic heterocycles. The molecule has 210 valence electrons. The number of anilines is 1. The number of hydrogen-bond donors (Lipinski definition) is 3. The molecule has 2 heterocycles. The predicted molar refractivity (Wildman–Crippen MR) is 145 cm³/mol. The van der Waals surface area contributed by atoms with Crippen LogP contribution in [0.3, 0.4) is 0 Å². The highest BCUT2D eigenvalue weighted by Crippen LogP contribution is 2.29. The third-order valence-electron chi connectivity index (χ3n) is 6.51. The van der Waals surface area contributed by atoms with Crippen LogP contribution in [0, 0.1) is 0 Å². The molecule has 0 radical (unpaired) electrons. The Labute approximate surface area is 224 Å². The second-order valence-corrected chi connectivity index (χ2v) is 11.3. The van der Waals surface area contributed by atoms with Crippen LogP contribution in [-0.2, 0) is 23.5 Å². The summed E-state index contributed by atoms with van der Waals surface area (Å²) in [5.74, 6) is -1.01. The van der Waals surface area contributed by atoms with Crippen molar-refractivity contribution in [2.24, 2.45) is 12.8 Å². The number of sulfonamides is 1. The molecule has 1 aliphatic heterocycles. The number of aryl methyl sites for hydroxylation is 2. The Morgan fingerprint density at radius 2 is 1.84 bits per heavy atom. The Morgan fingerprint density at radius 3 is 2.45 bits per heavy atom. The normalized spacial score (nSPS) is 14.9. The van der Waals surface area contributed by atoms with Gasteiger partial charge < -0.3 is 30.4 Å². The second-order valence-electron chi connectivity index (χ2n) is 9.39. The number of aromatic nitrogens is 1. The van der Waals surface area contributed by atoms with Crippen molar-refractivity contribution in [1.29, 1.82) is 0 Å². The highest BCUT2D eigenvalue weighted by molar-refractivity contribution is 7.89. The van der Waals surface area contributed by atoms with Gasteiger partial charge in [0.05, 0.1) is 22.8 Å². The Balaban J connectivity index is 1.93. The number of nitrogens with one attached hydrogen (secondary N) is 1. The summed E-state index contributed by atoms with van der Waals surface area (Å²) in [7, 11) is -2.18. The van der Waals surface area contributed by atoms with Gasteiger partial charge in [0.1, 0.15) is 11.4 Å². The van der Waals surface area contributed by atoms with Gasteiger partial charge in [-0.3, -0.25) is 9.59 Å². The molecule has 0 saturated carbocycles. The van der Waals surface area contributed by atoms with Crippen LogP contribution in [0.4, 0.5) is 5.69 Å². The molecule has 1 fully saturated rings. The van der Waals surface area contributed by atoms with Crippen LogP contribution in [0.2, 0.25) is 0 Å². The number of nitrogens with zero attached hydrogens (tertiary/aromatic N) is 3. The topological polar surface area (TPSA) is 147 Å². The molecule has 0 spiro atoms. The molecule has 2 aromatic rings. The molecular weight excluding hydrogens is 510 g/mol. The fourth-order valence-electron chi connectivity index (χ4n) is 4.59. The van der Waals surface area contributed by atoms with Crippen LogP contribution >= 0.6 is 0 Å². The van der Waals surface area contributed by atoms with Gasteiger partial charge in [-0.15, -0.1) is 0 Å². The summed E-state index contributed by atoms with van der Waals surface area (Å²) in [6.07, 6.45) is 4.51. The monoisotopic (exact) mass is 549 g/mol. The van der Waals surface area contributed by atoms with Gasteiger partial charge in [0, 0.05) is 52.6 Å². The number of primary amides is 1. The molecule has 1 aliphatic rings. The quantitative estimate of drug-likeness (QED) is 0.345. The fourth-order valence-corrected chi connectivity index (χ4v) is 6.04. The SMILES string of the molecule is CCCOc1ccc(S(=O)(=O)N2CCN(CCCO)CC2)cc1C(=O)Nc1c(CCC)cn(C)c1C(N)=O. The van der Waals surface area contributed by atoms with E-state index in [1.54, 1.807) is 17.8 Å². The molecular formula is C26H39N5O6S. The van der Waals surface area contributed by atoms with Gasteiger partial charge in [0.25, 0.3) is 11.8 Å². The third-order valence-corrected chi connectivity index (χ3v) is 8.40. The maximum Gasteiger partial charge on any atom is 0.267 e. The molecule has 0 atom stereocenters. The maximum absolute atomic E-state index is 13.5. The van der Waals surface area contributed by atoms with Gasteiger partial charge in [-0.1, -0.05) is 20.3 Å². The summed E-state index contributed by atoms with van der Waals surface area (Å²) < 4.78 is 35.7. The van der Waals surface area contributed by atoms with E-state index in [4.69, 9.17) is 15.6 Å². The number of aliphatic hydroxyl groups excluding tert-OH is 1. The zero-order valence-electron chi connectivity index (χ0n) is 22.4. The molecule has 2 amide bonds. The van der Waals surface area contributed by atoms with Crippen molar-refractivity contribution >= 4 is 27.5 Å². The Morgan fingerprint density at radius 1 is 1.13 bits per heavy atom. The smallest absolute Gasteiger partial charge is 0.267 e. The minimum Gasteiger partial charge on any atom is -0.493 e. The van der Waals surface area contributed by atoms with E-state index >= 15 is 0 Å². The molecule has 0 bridgehead atoms. The first-order valence-corrected chi connectivity index (χ1v) is 14.5. The van der Waals surface area contributed by atoms with Crippen molar-refractivity contribution in [3.05, 3.63) is 41.2 Å². The number of nitrogens with two attached hydrogens (primary N) is 1. The van der Waals surface area contributed by atoms with Gasteiger partial charge in [-0.05, 0) is 43.0 Å². The minimum absolute atomic E-state index is 0.00715. The van der Waals surface area contributed by atoms with E-state index in [0.717, 1.165) is 12.0 Å². The van der Waals surface area contributed by atoms with Gasteiger partial charge >= 0.3 is 0 Å². The third kappa shape index (κ3) is 6.73. The Bertz CT molecular complexity index is 1230. The Hall–Kier alpha value is -2.93. The van der Waals surface area contributed by atoms with Crippen LogP contribution in [0.15, 0.2) is 29.3 Å². The average Bonchev–Trinajstić information content (AvgIpc) is 3.20. The number of amides is 2. The predicted octanol–water partition coefficient (Wildman–Crippen LogP) is 1.81. The van der Waals surface area contributed by atoms with E-state index in [0.29, 0.717) is 64.3 Å². The Kier molecular flexibility index (Phi) is 10.3. The van der Waals surface area contributed by atoms with Crippen molar-refractivity contribution in [2.45, 2.75) is 44.4 Å². The zero-order valence-corrected chi connectivity index (χ0v) is 23.2. The van der Waals surface area contributed by atoms with Crippen LogP contribution in [0.25, 0.3) is 0 Å². The lowest BCUT2D eigenvalue weighted by molar-refractivity contribution is 0.0993. The van der Waals surface area contributed by atoms with Crippen LogP contribution in [0.1, 0.15) is 59.5 Å². The van der Waals surface area contributed by atoms with Gasteiger partial charge in [-0.25, -0.2) is 8.42 Å². The fraction of sp³-hybridized carbons (Fsp3) is 0.538. The lowest BCUT2D eigenvalue weighted by Crippen LogP contribution is -2.48. The van der Waals surface area contributed by atoms with Crippen LogP contribution in [0.5, 0.6) is 5.75 Å². The molecule has 12 heteroatoms. The van der Waals surface area contributed by atoms with E-state index in [2.05, 4.69) is 10.2 Å². The van der Waals surface area contributed by atoms with E-state index in [1.807, 2.05) is 13.8 Å². The molecule has 3 rings (SSSR count).